The number of nitrogens with zero attached hydrogens (tertiary/aromatic N) is 1. The molecule has 38 heavy (non-hydrogen) atoms. The smallest absolute Gasteiger partial charge is 0.295 e. The Balaban J connectivity index is 1.70. The van der Waals surface area contributed by atoms with Crippen LogP contribution in [-0.4, -0.2) is 19.1 Å². The second kappa shape index (κ2) is 10.3. The first-order valence-electron chi connectivity index (χ1n) is 12.8. The van der Waals surface area contributed by atoms with Gasteiger partial charge >= 0.3 is 0 Å². The molecule has 1 unspecified atom stereocenters. The van der Waals surface area contributed by atoms with Crippen LogP contribution in [0.1, 0.15) is 60.5 Å². The lowest BCUT2D eigenvalue weighted by Crippen LogP contribution is -2.29. The topological polar surface area (TPSA) is 69.0 Å². The van der Waals surface area contributed by atoms with Crippen molar-refractivity contribution in [1.29, 1.82) is 0 Å². The summed E-state index contributed by atoms with van der Waals surface area (Å²) >= 11 is 0. The van der Waals surface area contributed by atoms with Crippen molar-refractivity contribution in [3.8, 4) is 11.5 Å². The van der Waals surface area contributed by atoms with E-state index in [0.29, 0.717) is 41.9 Å². The van der Waals surface area contributed by atoms with Crippen LogP contribution in [0.4, 0.5) is 10.1 Å². The average Bonchev–Trinajstić information content (AvgIpc) is 3.18. The summed E-state index contributed by atoms with van der Waals surface area (Å²) in [5, 5.41) is 0.0892. The molecule has 0 fully saturated rings. The number of halogens is 1. The van der Waals surface area contributed by atoms with Crippen LogP contribution in [0.5, 0.6) is 11.5 Å². The van der Waals surface area contributed by atoms with E-state index >= 15 is 0 Å². The van der Waals surface area contributed by atoms with Gasteiger partial charge in [-0.1, -0.05) is 32.0 Å². The fraction of sp³-hybridized carbons (Fsp3) is 0.290. The van der Waals surface area contributed by atoms with Crippen molar-refractivity contribution in [1.82, 2.24) is 0 Å². The first-order valence-corrected chi connectivity index (χ1v) is 12.8. The normalized spacial score (nSPS) is 14.8. The number of carbonyl (C=O) groups is 1. The van der Waals surface area contributed by atoms with Crippen LogP contribution in [-0.2, 0) is 0 Å². The van der Waals surface area contributed by atoms with Crippen LogP contribution in [0.15, 0.2) is 69.9 Å². The van der Waals surface area contributed by atoms with Gasteiger partial charge in [-0.2, -0.15) is 0 Å². The highest BCUT2D eigenvalue weighted by Crippen LogP contribution is 2.43. The van der Waals surface area contributed by atoms with Gasteiger partial charge in [0.2, 0.25) is 5.76 Å². The zero-order valence-corrected chi connectivity index (χ0v) is 21.9. The van der Waals surface area contributed by atoms with Gasteiger partial charge in [-0.3, -0.25) is 14.5 Å². The highest BCUT2D eigenvalue weighted by atomic mass is 19.1. The molecule has 1 aliphatic rings. The molecule has 0 saturated carbocycles. The lowest BCUT2D eigenvalue weighted by molar-refractivity contribution is 0.0971. The molecule has 5 rings (SSSR count). The predicted molar refractivity (Wildman–Crippen MR) is 145 cm³/mol. The maximum absolute atomic E-state index is 14.1. The minimum atomic E-state index is -0.799. The molecule has 1 amide bonds. The van der Waals surface area contributed by atoms with Crippen molar-refractivity contribution in [2.45, 2.75) is 40.2 Å². The fourth-order valence-corrected chi connectivity index (χ4v) is 4.79. The molecule has 0 aliphatic carbocycles. The number of fused-ring (bicyclic) bond motifs is 2. The minimum Gasteiger partial charge on any atom is -0.490 e. The summed E-state index contributed by atoms with van der Waals surface area (Å²) in [5.74, 6) is 0.575. The Hall–Kier alpha value is -4.13. The molecule has 0 radical (unpaired) electrons. The van der Waals surface area contributed by atoms with Gasteiger partial charge in [0.25, 0.3) is 5.91 Å². The highest BCUT2D eigenvalue weighted by Gasteiger charge is 2.44. The lowest BCUT2D eigenvalue weighted by Gasteiger charge is -2.26. The Morgan fingerprint density at radius 3 is 2.55 bits per heavy atom. The van der Waals surface area contributed by atoms with E-state index in [2.05, 4.69) is 13.8 Å². The zero-order valence-electron chi connectivity index (χ0n) is 21.9. The standard InChI is InChI=1S/C31H30FNO5/c1-5-36-26-16-20(9-11-25(26)37-14-13-18(2)3)28-27-29(34)23-17-21(32)10-12-24(23)38-30(27)31(35)33(28)22-8-6-7-19(4)15-22/h6-12,15-18,28H,5,13-14H2,1-4H3. The molecule has 1 aromatic heterocycles. The van der Waals surface area contributed by atoms with E-state index in [0.717, 1.165) is 18.1 Å². The van der Waals surface area contributed by atoms with E-state index in [-0.39, 0.29) is 22.3 Å². The van der Waals surface area contributed by atoms with Crippen LogP contribution >= 0.6 is 0 Å². The highest BCUT2D eigenvalue weighted by molar-refractivity contribution is 6.10. The third-order valence-corrected chi connectivity index (χ3v) is 6.65. The van der Waals surface area contributed by atoms with Gasteiger partial charge in [0.1, 0.15) is 11.4 Å². The minimum absolute atomic E-state index is 0.0455. The van der Waals surface area contributed by atoms with Crippen LogP contribution in [0.3, 0.4) is 0 Å². The quantitative estimate of drug-likeness (QED) is 0.258. The van der Waals surface area contributed by atoms with Crippen LogP contribution in [0.2, 0.25) is 0 Å². The molecule has 2 heterocycles. The van der Waals surface area contributed by atoms with Crippen molar-refractivity contribution in [2.24, 2.45) is 5.92 Å². The van der Waals surface area contributed by atoms with Crippen molar-refractivity contribution < 1.29 is 23.1 Å². The summed E-state index contributed by atoms with van der Waals surface area (Å²) in [6, 6.07) is 15.9. The molecular weight excluding hydrogens is 485 g/mol. The van der Waals surface area contributed by atoms with E-state index < -0.39 is 23.2 Å². The van der Waals surface area contributed by atoms with Gasteiger partial charge in [-0.25, -0.2) is 4.39 Å². The van der Waals surface area contributed by atoms with E-state index in [1.807, 2.05) is 44.2 Å². The summed E-state index contributed by atoms with van der Waals surface area (Å²) in [4.78, 5) is 29.1. The van der Waals surface area contributed by atoms with Crippen molar-refractivity contribution >= 4 is 22.6 Å². The number of hydrogen-bond acceptors (Lipinski definition) is 5. The number of hydrogen-bond donors (Lipinski definition) is 0. The van der Waals surface area contributed by atoms with Gasteiger partial charge in [0.15, 0.2) is 16.9 Å². The maximum Gasteiger partial charge on any atom is 0.295 e. The third kappa shape index (κ3) is 4.64. The molecule has 3 aromatic carbocycles. The molecule has 1 atom stereocenters. The summed E-state index contributed by atoms with van der Waals surface area (Å²) in [7, 11) is 0. The van der Waals surface area contributed by atoms with E-state index in [4.69, 9.17) is 13.9 Å². The van der Waals surface area contributed by atoms with Crippen molar-refractivity contribution in [3.05, 3.63) is 99.2 Å². The summed E-state index contributed by atoms with van der Waals surface area (Å²) in [6.07, 6.45) is 0.892. The van der Waals surface area contributed by atoms with Crippen LogP contribution in [0.25, 0.3) is 11.0 Å². The maximum atomic E-state index is 14.1. The monoisotopic (exact) mass is 515 g/mol. The molecule has 7 heteroatoms. The molecule has 0 saturated heterocycles. The molecule has 1 aliphatic heterocycles. The van der Waals surface area contributed by atoms with Crippen molar-refractivity contribution in [3.63, 3.8) is 0 Å². The Kier molecular flexibility index (Phi) is 6.93. The second-order valence-electron chi connectivity index (χ2n) is 9.90. The Bertz CT molecular complexity index is 1570. The van der Waals surface area contributed by atoms with Gasteiger partial charge in [-0.15, -0.1) is 0 Å². The van der Waals surface area contributed by atoms with Gasteiger partial charge in [0, 0.05) is 5.69 Å². The third-order valence-electron chi connectivity index (χ3n) is 6.65. The fourth-order valence-electron chi connectivity index (χ4n) is 4.79. The number of ether oxygens (including phenoxy) is 2. The number of amides is 1. The first kappa shape index (κ1) is 25.5. The van der Waals surface area contributed by atoms with Gasteiger partial charge in [-0.05, 0) is 79.8 Å². The van der Waals surface area contributed by atoms with Gasteiger partial charge < -0.3 is 13.9 Å². The predicted octanol–water partition coefficient (Wildman–Crippen LogP) is 6.81. The summed E-state index contributed by atoms with van der Waals surface area (Å²) in [6.45, 7) is 9.03. The second-order valence-corrected chi connectivity index (χ2v) is 9.90. The van der Waals surface area contributed by atoms with E-state index in [1.54, 1.807) is 17.0 Å². The molecule has 0 N–H and O–H groups in total. The first-order chi connectivity index (χ1) is 18.3. The number of benzene rings is 3. The molecule has 196 valence electrons. The average molecular weight is 516 g/mol. The number of rotatable bonds is 8. The molecule has 4 aromatic rings. The Labute approximate surface area is 220 Å². The van der Waals surface area contributed by atoms with E-state index in [1.165, 1.54) is 12.1 Å². The van der Waals surface area contributed by atoms with Crippen molar-refractivity contribution in [2.75, 3.05) is 18.1 Å². The SMILES string of the molecule is CCOc1cc(C2c3c(oc4ccc(F)cc4c3=O)C(=O)N2c2cccc(C)c2)ccc1OCCC(C)C. The summed E-state index contributed by atoms with van der Waals surface area (Å²) in [5.41, 5.74) is 2.13. The van der Waals surface area contributed by atoms with Crippen LogP contribution < -0.4 is 19.8 Å². The Morgan fingerprint density at radius 2 is 1.82 bits per heavy atom. The molecular formula is C31H30FNO5. The van der Waals surface area contributed by atoms with Gasteiger partial charge in [0.05, 0.1) is 30.2 Å². The number of aryl methyl sites for hydroxylation is 1. The number of carbonyl (C=O) groups excluding carboxylic acids is 1. The largest absolute Gasteiger partial charge is 0.490 e. The molecule has 0 bridgehead atoms. The Morgan fingerprint density at radius 1 is 1.00 bits per heavy atom. The molecule has 0 spiro atoms. The molecule has 6 nitrogen and oxygen atoms in total. The van der Waals surface area contributed by atoms with E-state index in [9.17, 15) is 14.0 Å². The van der Waals surface area contributed by atoms with Crippen LogP contribution in [0, 0.1) is 18.7 Å². The summed E-state index contributed by atoms with van der Waals surface area (Å²) < 4.78 is 32.0. The lowest BCUT2D eigenvalue weighted by atomic mass is 9.97. The zero-order chi connectivity index (χ0) is 27.0. The number of anilines is 1.